The van der Waals surface area contributed by atoms with E-state index in [2.05, 4.69) is 0 Å². The van der Waals surface area contributed by atoms with Gasteiger partial charge in [-0.15, -0.1) is 11.3 Å². The zero-order valence-corrected chi connectivity index (χ0v) is 17.7. The number of carbonyl (C=O) groups is 2. The minimum Gasteiger partial charge on any atom is -0.370 e. The van der Waals surface area contributed by atoms with Gasteiger partial charge in [-0.2, -0.15) is 0 Å². The molecule has 0 aliphatic carbocycles. The van der Waals surface area contributed by atoms with Gasteiger partial charge < -0.3 is 14.5 Å². The number of carbonyl (C=O) groups excluding carboxylic acids is 2. The van der Waals surface area contributed by atoms with Crippen molar-refractivity contribution in [1.29, 1.82) is 0 Å². The van der Waals surface area contributed by atoms with Gasteiger partial charge in [-0.25, -0.2) is 4.39 Å². The average Bonchev–Trinajstić information content (AvgIpc) is 3.14. The lowest BCUT2D eigenvalue weighted by Crippen LogP contribution is -2.43. The lowest BCUT2D eigenvalue weighted by Gasteiger charge is -2.33. The average molecular weight is 427 g/mol. The van der Waals surface area contributed by atoms with Crippen LogP contribution in [0.5, 0.6) is 0 Å². The molecule has 2 amide bonds. The molecule has 156 valence electrons. The fraction of sp³-hybridized carbons (Fsp3) is 0.304. The molecule has 0 N–H and O–H groups in total. The topological polar surface area (TPSA) is 49.9 Å². The number of halogens is 1. The van der Waals surface area contributed by atoms with Crippen molar-refractivity contribution in [3.8, 4) is 0 Å². The van der Waals surface area contributed by atoms with Gasteiger partial charge in [-0.3, -0.25) is 9.59 Å². The zero-order valence-electron chi connectivity index (χ0n) is 16.9. The summed E-state index contributed by atoms with van der Waals surface area (Å²) < 4.78 is 21.0. The molecule has 0 bridgehead atoms. The first-order chi connectivity index (χ1) is 14.5. The van der Waals surface area contributed by atoms with Crippen molar-refractivity contribution in [3.63, 3.8) is 0 Å². The quantitative estimate of drug-likeness (QED) is 0.636. The maximum atomic E-state index is 14.0. The Morgan fingerprint density at radius 2 is 1.90 bits per heavy atom. The minimum absolute atomic E-state index is 0.00721. The highest BCUT2D eigenvalue weighted by Gasteiger charge is 2.32. The van der Waals surface area contributed by atoms with E-state index < -0.39 is 6.10 Å². The van der Waals surface area contributed by atoms with Gasteiger partial charge in [0.2, 0.25) is 5.91 Å². The van der Waals surface area contributed by atoms with Gasteiger partial charge in [0, 0.05) is 30.9 Å². The molecule has 0 radical (unpaired) electrons. The second-order valence-corrected chi connectivity index (χ2v) is 8.56. The molecule has 0 spiro atoms. The Hall–Kier alpha value is -2.77. The van der Waals surface area contributed by atoms with E-state index in [0.717, 1.165) is 15.6 Å². The number of ether oxygens (including phenoxy) is 1. The number of nitrogens with zero attached hydrogens (tertiary/aromatic N) is 2. The number of amides is 2. The Morgan fingerprint density at radius 3 is 2.67 bits per heavy atom. The Labute approximate surface area is 178 Å². The van der Waals surface area contributed by atoms with Crippen LogP contribution in [0.15, 0.2) is 48.5 Å². The highest BCUT2D eigenvalue weighted by atomic mass is 32.1. The summed E-state index contributed by atoms with van der Waals surface area (Å²) in [5, 5.41) is 0.973. The Morgan fingerprint density at radius 1 is 1.17 bits per heavy atom. The van der Waals surface area contributed by atoms with Crippen LogP contribution in [0.4, 0.5) is 4.39 Å². The molecule has 5 nitrogen and oxygen atoms in total. The summed E-state index contributed by atoms with van der Waals surface area (Å²) >= 11 is 1.44. The Balaban J connectivity index is 1.62. The van der Waals surface area contributed by atoms with Crippen LogP contribution in [0.3, 0.4) is 0 Å². The van der Waals surface area contributed by atoms with Crippen molar-refractivity contribution in [2.24, 2.45) is 0 Å². The smallest absolute Gasteiger partial charge is 0.263 e. The van der Waals surface area contributed by atoms with E-state index in [4.69, 9.17) is 4.74 Å². The number of fused-ring (bicyclic) bond motifs is 1. The third kappa shape index (κ3) is 3.95. The van der Waals surface area contributed by atoms with Crippen LogP contribution in [0.25, 0.3) is 10.1 Å². The molecule has 2 aromatic carbocycles. The fourth-order valence-electron chi connectivity index (χ4n) is 3.71. The molecule has 2 heterocycles. The van der Waals surface area contributed by atoms with Crippen LogP contribution in [0.1, 0.15) is 26.9 Å². The second-order valence-electron chi connectivity index (χ2n) is 7.51. The molecular formula is C23H23FN2O3S. The molecular weight excluding hydrogens is 403 g/mol. The van der Waals surface area contributed by atoms with Crippen molar-refractivity contribution >= 4 is 33.2 Å². The number of hydrogen-bond acceptors (Lipinski definition) is 4. The van der Waals surface area contributed by atoms with Gasteiger partial charge in [-0.05, 0) is 23.1 Å². The highest BCUT2D eigenvalue weighted by molar-refractivity contribution is 7.21. The summed E-state index contributed by atoms with van der Waals surface area (Å²) in [6.07, 6.45) is -0.397. The number of morpholine rings is 1. The fourth-order valence-corrected chi connectivity index (χ4v) is 4.99. The van der Waals surface area contributed by atoms with Gasteiger partial charge in [-0.1, -0.05) is 36.4 Å². The third-order valence-electron chi connectivity index (χ3n) is 5.27. The highest BCUT2D eigenvalue weighted by Crippen LogP contribution is 2.38. The van der Waals surface area contributed by atoms with Crippen LogP contribution in [0, 0.1) is 5.82 Å². The molecule has 1 aliphatic heterocycles. The molecule has 0 unspecified atom stereocenters. The van der Waals surface area contributed by atoms with E-state index in [9.17, 15) is 14.0 Å². The van der Waals surface area contributed by atoms with Crippen LogP contribution in [-0.2, 0) is 16.0 Å². The number of thiophene rings is 1. The summed E-state index contributed by atoms with van der Waals surface area (Å²) in [5.41, 5.74) is 1.22. The monoisotopic (exact) mass is 426 g/mol. The Kier molecular flexibility index (Phi) is 5.83. The van der Waals surface area contributed by atoms with Crippen molar-refractivity contribution in [2.45, 2.75) is 12.5 Å². The van der Waals surface area contributed by atoms with Crippen LogP contribution >= 0.6 is 11.3 Å². The maximum absolute atomic E-state index is 14.0. The molecule has 1 atom stereocenters. The predicted octanol–water partition coefficient (Wildman–Crippen LogP) is 3.88. The van der Waals surface area contributed by atoms with Crippen molar-refractivity contribution in [1.82, 2.24) is 9.80 Å². The molecule has 30 heavy (non-hydrogen) atoms. The number of hydrogen-bond donors (Lipinski definition) is 0. The molecule has 1 aromatic heterocycles. The minimum atomic E-state index is -0.404. The van der Waals surface area contributed by atoms with Crippen molar-refractivity contribution < 1.29 is 18.7 Å². The first-order valence-electron chi connectivity index (χ1n) is 9.81. The van der Waals surface area contributed by atoms with Crippen LogP contribution < -0.4 is 0 Å². The predicted molar refractivity (Wildman–Crippen MR) is 115 cm³/mol. The molecule has 1 aliphatic rings. The van der Waals surface area contributed by atoms with Crippen LogP contribution in [0.2, 0.25) is 0 Å². The van der Waals surface area contributed by atoms with Crippen molar-refractivity contribution in [3.05, 3.63) is 70.4 Å². The van der Waals surface area contributed by atoms with E-state index in [1.807, 2.05) is 24.3 Å². The molecule has 1 saturated heterocycles. The Bertz CT molecular complexity index is 1090. The molecule has 7 heteroatoms. The van der Waals surface area contributed by atoms with Crippen molar-refractivity contribution in [2.75, 3.05) is 33.8 Å². The van der Waals surface area contributed by atoms with Gasteiger partial charge >= 0.3 is 0 Å². The summed E-state index contributed by atoms with van der Waals surface area (Å²) in [5.74, 6) is -0.601. The van der Waals surface area contributed by atoms with E-state index in [0.29, 0.717) is 30.1 Å². The third-order valence-corrected chi connectivity index (χ3v) is 6.45. The van der Waals surface area contributed by atoms with Gasteiger partial charge in [0.25, 0.3) is 5.91 Å². The van der Waals surface area contributed by atoms with E-state index in [-0.39, 0.29) is 24.1 Å². The zero-order chi connectivity index (χ0) is 21.3. The largest absolute Gasteiger partial charge is 0.370 e. The number of rotatable bonds is 4. The first kappa shape index (κ1) is 20.5. The second kappa shape index (κ2) is 8.53. The molecule has 4 rings (SSSR count). The summed E-state index contributed by atoms with van der Waals surface area (Å²) in [6.45, 7) is 1.15. The molecule has 3 aromatic rings. The SMILES string of the molecule is CN(C)C(=O)c1sc2ccccc2c1[C@@H]1CN(C(=O)Cc2ccccc2F)CCO1. The van der Waals surface area contributed by atoms with Gasteiger partial charge in [0.05, 0.1) is 24.4 Å². The summed E-state index contributed by atoms with van der Waals surface area (Å²) in [4.78, 5) is 29.6. The summed E-state index contributed by atoms with van der Waals surface area (Å²) in [6, 6.07) is 14.2. The van der Waals surface area contributed by atoms with E-state index >= 15 is 0 Å². The van der Waals surface area contributed by atoms with Crippen LogP contribution in [-0.4, -0.2) is 55.4 Å². The lowest BCUT2D eigenvalue weighted by atomic mass is 10.0. The molecule has 1 fully saturated rings. The van der Waals surface area contributed by atoms with Gasteiger partial charge in [0.15, 0.2) is 0 Å². The van der Waals surface area contributed by atoms with E-state index in [1.165, 1.54) is 17.4 Å². The first-order valence-corrected chi connectivity index (χ1v) is 10.6. The van der Waals surface area contributed by atoms with Gasteiger partial charge in [0.1, 0.15) is 11.9 Å². The standard InChI is InChI=1S/C23H23FN2O3S/c1-25(2)23(28)22-21(16-8-4-6-10-19(16)30-22)18-14-26(11-12-29-18)20(27)13-15-7-3-5-9-17(15)24/h3-10,18H,11-14H2,1-2H3/t18-/m0/s1. The maximum Gasteiger partial charge on any atom is 0.263 e. The number of benzene rings is 2. The normalized spacial score (nSPS) is 16.6. The lowest BCUT2D eigenvalue weighted by molar-refractivity contribution is -0.138. The molecule has 0 saturated carbocycles. The van der Waals surface area contributed by atoms with E-state index in [1.54, 1.807) is 42.1 Å². The summed E-state index contributed by atoms with van der Waals surface area (Å²) in [7, 11) is 3.45.